The molecule has 0 aliphatic carbocycles. The molecule has 31 heteroatoms. The van der Waals surface area contributed by atoms with Gasteiger partial charge in [-0.05, 0) is 6.92 Å². The number of imidazole rings is 2. The molecule has 28 nitrogen and oxygen atoms in total. The van der Waals surface area contributed by atoms with Gasteiger partial charge in [-0.2, -0.15) is 18.6 Å². The fourth-order valence-electron chi connectivity index (χ4n) is 5.61. The average molecular weight is 816 g/mol. The SMILES string of the molecule is CO[C@@H]1[C@H](O)[C@@H](COP(=O)(O)OP(=O)(O)OP(=O)(O)OC[C@H]2O[C@@H](n3cnc4c(=O)[nH]c(N)nc43)[C@](C)(O)[C@@H]2O)O[C@H]1n1cnc2c(=O)[nH]c(N)nc21. The summed E-state index contributed by atoms with van der Waals surface area (Å²) in [4.78, 5) is 74.7. The lowest BCUT2D eigenvalue weighted by atomic mass is 9.96. The molecule has 4 aromatic heterocycles. The van der Waals surface area contributed by atoms with Crippen LogP contribution in [0.3, 0.4) is 0 Å². The summed E-state index contributed by atoms with van der Waals surface area (Å²) in [5.41, 5.74) is 7.02. The second-order valence-corrected chi connectivity index (χ2v) is 16.3. The smallest absolute Gasteiger partial charge is 0.387 e. The Bertz CT molecular complexity index is 2290. The summed E-state index contributed by atoms with van der Waals surface area (Å²) < 4.78 is 73.9. The van der Waals surface area contributed by atoms with Crippen molar-refractivity contribution in [2.45, 2.75) is 55.5 Å². The number of ether oxygens (including phenoxy) is 3. The highest BCUT2D eigenvalue weighted by Crippen LogP contribution is 2.68. The van der Waals surface area contributed by atoms with Crippen LogP contribution in [0.2, 0.25) is 0 Å². The summed E-state index contributed by atoms with van der Waals surface area (Å²) in [6, 6.07) is 0. The van der Waals surface area contributed by atoms with E-state index in [4.69, 9.17) is 25.7 Å². The van der Waals surface area contributed by atoms with Crippen LogP contribution >= 0.6 is 23.5 Å². The summed E-state index contributed by atoms with van der Waals surface area (Å²) in [5, 5.41) is 32.4. The number of phosphoric ester groups is 2. The van der Waals surface area contributed by atoms with Gasteiger partial charge in [-0.1, -0.05) is 0 Å². The molecule has 0 aromatic carbocycles. The van der Waals surface area contributed by atoms with E-state index in [9.17, 15) is 53.3 Å². The molecular formula is C22H31N10O18P3. The van der Waals surface area contributed by atoms with Crippen molar-refractivity contribution in [1.29, 1.82) is 0 Å². The average Bonchev–Trinajstić information content (AvgIpc) is 3.77. The summed E-state index contributed by atoms with van der Waals surface area (Å²) in [5.74, 6) is -0.576. The number of aromatic amines is 2. The molecule has 292 valence electrons. The van der Waals surface area contributed by atoms with Gasteiger partial charge in [0.25, 0.3) is 11.1 Å². The molecule has 6 rings (SSSR count). The van der Waals surface area contributed by atoms with Crippen molar-refractivity contribution in [2.75, 3.05) is 31.8 Å². The number of aliphatic hydroxyl groups excluding tert-OH is 2. The van der Waals surface area contributed by atoms with E-state index in [1.807, 2.05) is 0 Å². The van der Waals surface area contributed by atoms with Crippen LogP contribution in [-0.4, -0.2) is 125 Å². The predicted octanol–water partition coefficient (Wildman–Crippen LogP) is -2.93. The first-order valence-corrected chi connectivity index (χ1v) is 19.2. The van der Waals surface area contributed by atoms with Gasteiger partial charge in [0.15, 0.2) is 34.8 Å². The van der Waals surface area contributed by atoms with Crippen molar-refractivity contribution in [1.82, 2.24) is 39.0 Å². The molecule has 0 radical (unpaired) electrons. The van der Waals surface area contributed by atoms with Crippen LogP contribution in [0.15, 0.2) is 22.2 Å². The van der Waals surface area contributed by atoms with Gasteiger partial charge in [-0.15, -0.1) is 0 Å². The topological polar surface area (TPSA) is 416 Å². The zero-order chi connectivity index (χ0) is 38.8. The molecule has 2 fully saturated rings. The minimum Gasteiger partial charge on any atom is -0.387 e. The Balaban J connectivity index is 1.06. The number of anilines is 2. The number of nitrogen functional groups attached to an aromatic ring is 2. The standard InChI is InChI=1S/C22H31N10O18P3/c1-22(37)13(34)8(48-19(22)32-6-26-10-15(32)28-21(24)30-17(10)36)4-46-52(40,41)50-53(42,43)49-51(38,39)45-3-7-11(33)12(44-2)18(47-7)31-5-25-9-14(31)27-20(23)29-16(9)35/h5-8,11-13,18-19,33-34,37H,3-4H2,1-2H3,(H,38,39)(H,40,41)(H,42,43)(H3,23,27,29,35)(H3,24,28,30,36)/t7-,8-,11-,12-,13-,18-,19-,22-/m1/s1. The zero-order valence-corrected chi connectivity index (χ0v) is 29.6. The second kappa shape index (κ2) is 14.0. The van der Waals surface area contributed by atoms with Crippen LogP contribution < -0.4 is 22.6 Å². The minimum absolute atomic E-state index is 0.0658. The van der Waals surface area contributed by atoms with Crippen molar-refractivity contribution >= 4 is 57.7 Å². The molecule has 0 amide bonds. The van der Waals surface area contributed by atoms with E-state index in [-0.39, 0.29) is 34.2 Å². The van der Waals surface area contributed by atoms with Crippen molar-refractivity contribution in [2.24, 2.45) is 0 Å². The van der Waals surface area contributed by atoms with Gasteiger partial charge in [0.1, 0.15) is 36.1 Å². The number of rotatable bonds is 13. The number of phosphoric acid groups is 3. The van der Waals surface area contributed by atoms with Gasteiger partial charge < -0.3 is 55.7 Å². The van der Waals surface area contributed by atoms with Gasteiger partial charge in [0.05, 0.1) is 25.9 Å². The summed E-state index contributed by atoms with van der Waals surface area (Å²) >= 11 is 0. The summed E-state index contributed by atoms with van der Waals surface area (Å²) in [6.07, 6.45) is -8.44. The van der Waals surface area contributed by atoms with E-state index in [1.54, 1.807) is 0 Å². The first kappa shape index (κ1) is 39.2. The van der Waals surface area contributed by atoms with Gasteiger partial charge in [-0.3, -0.25) is 37.7 Å². The van der Waals surface area contributed by atoms with Crippen LogP contribution in [0, 0.1) is 0 Å². The Morgan fingerprint density at radius 2 is 1.34 bits per heavy atom. The fourth-order valence-corrected chi connectivity index (χ4v) is 9.14. The summed E-state index contributed by atoms with van der Waals surface area (Å²) in [7, 11) is -16.2. The second-order valence-electron chi connectivity index (χ2n) is 11.7. The molecule has 4 aromatic rings. The Kier molecular flexibility index (Phi) is 10.3. The van der Waals surface area contributed by atoms with Crippen molar-refractivity contribution in [3.63, 3.8) is 0 Å². The number of hydrogen-bond acceptors (Lipinski definition) is 21. The van der Waals surface area contributed by atoms with E-state index >= 15 is 0 Å². The van der Waals surface area contributed by atoms with E-state index in [0.717, 1.165) is 24.1 Å². The van der Waals surface area contributed by atoms with E-state index in [0.29, 0.717) is 0 Å². The van der Waals surface area contributed by atoms with Crippen LogP contribution in [0.4, 0.5) is 11.9 Å². The highest BCUT2D eigenvalue weighted by Gasteiger charge is 2.55. The first-order valence-electron chi connectivity index (χ1n) is 14.7. The van der Waals surface area contributed by atoms with Gasteiger partial charge in [-0.25, -0.2) is 23.7 Å². The van der Waals surface area contributed by atoms with Crippen LogP contribution in [-0.2, 0) is 45.6 Å². The Labute approximate surface area is 293 Å². The maximum absolute atomic E-state index is 12.6. The summed E-state index contributed by atoms with van der Waals surface area (Å²) in [6.45, 7) is -1.00. The number of nitrogens with one attached hydrogen (secondary N) is 2. The Hall–Kier alpha value is -3.53. The van der Waals surface area contributed by atoms with Crippen LogP contribution in [0.5, 0.6) is 0 Å². The first-order chi connectivity index (χ1) is 24.6. The molecule has 12 N–H and O–H groups in total. The maximum Gasteiger partial charge on any atom is 0.490 e. The number of nitrogens with zero attached hydrogens (tertiary/aromatic N) is 6. The molecule has 0 spiro atoms. The monoisotopic (exact) mass is 816 g/mol. The number of methoxy groups -OCH3 is 1. The van der Waals surface area contributed by atoms with Gasteiger partial charge in [0, 0.05) is 7.11 Å². The third-order valence-electron chi connectivity index (χ3n) is 7.98. The minimum atomic E-state index is -6.00. The Morgan fingerprint density at radius 3 is 1.87 bits per heavy atom. The molecule has 2 aliphatic rings. The molecule has 2 aliphatic heterocycles. The number of fused-ring (bicyclic) bond motifs is 2. The predicted molar refractivity (Wildman–Crippen MR) is 170 cm³/mol. The van der Waals surface area contributed by atoms with E-state index < -0.39 is 96.4 Å². The number of H-pyrrole nitrogens is 2. The highest BCUT2D eigenvalue weighted by molar-refractivity contribution is 7.66. The number of aromatic nitrogens is 8. The third-order valence-corrected chi connectivity index (χ3v) is 12.2. The molecule has 0 saturated carbocycles. The lowest BCUT2D eigenvalue weighted by Crippen LogP contribution is -2.44. The van der Waals surface area contributed by atoms with Crippen molar-refractivity contribution in [3.05, 3.63) is 33.4 Å². The normalized spacial score (nSPS) is 31.1. The van der Waals surface area contributed by atoms with Gasteiger partial charge >= 0.3 is 23.5 Å². The van der Waals surface area contributed by atoms with Crippen LogP contribution in [0.1, 0.15) is 19.4 Å². The number of aliphatic hydroxyl groups is 3. The number of nitrogens with two attached hydrogens (primary N) is 2. The zero-order valence-electron chi connectivity index (χ0n) is 26.9. The maximum atomic E-state index is 12.6. The molecule has 2 saturated heterocycles. The quantitative estimate of drug-likeness (QED) is 0.0604. The van der Waals surface area contributed by atoms with Gasteiger partial charge in [0.2, 0.25) is 11.9 Å². The molecule has 11 atom stereocenters. The van der Waals surface area contributed by atoms with Crippen LogP contribution in [0.25, 0.3) is 22.3 Å². The van der Waals surface area contributed by atoms with Crippen molar-refractivity contribution in [3.8, 4) is 0 Å². The molecule has 53 heavy (non-hydrogen) atoms. The molecular weight excluding hydrogens is 785 g/mol. The molecule has 3 unspecified atom stereocenters. The van der Waals surface area contributed by atoms with E-state index in [1.165, 1.54) is 11.7 Å². The lowest BCUT2D eigenvalue weighted by molar-refractivity contribution is -0.0949. The molecule has 6 heterocycles. The largest absolute Gasteiger partial charge is 0.490 e. The van der Waals surface area contributed by atoms with E-state index in [2.05, 4.69) is 47.6 Å². The third kappa shape index (κ3) is 7.72. The lowest BCUT2D eigenvalue weighted by Gasteiger charge is -2.27. The number of hydrogen-bond donors (Lipinski definition) is 10. The fraction of sp³-hybridized carbons (Fsp3) is 0.545. The highest BCUT2D eigenvalue weighted by atomic mass is 31.3. The van der Waals surface area contributed by atoms with Crippen molar-refractivity contribution < 1.29 is 75.6 Å². The Morgan fingerprint density at radius 1 is 0.849 bits per heavy atom. The molecule has 0 bridgehead atoms.